The number of pyridine rings is 1. The third-order valence-electron chi connectivity index (χ3n) is 1.68. The van der Waals surface area contributed by atoms with Crippen LogP contribution in [-0.4, -0.2) is 11.5 Å². The largest absolute Gasteiger partial charge is 0.330 e. The van der Waals surface area contributed by atoms with E-state index in [0.717, 1.165) is 4.47 Å². The van der Waals surface area contributed by atoms with Gasteiger partial charge in [-0.05, 0) is 24.1 Å². The van der Waals surface area contributed by atoms with Crippen LogP contribution in [0.15, 0.2) is 22.9 Å². The lowest BCUT2D eigenvalue weighted by atomic mass is 10.0. The Labute approximate surface area is 75.0 Å². The average Bonchev–Trinajstić information content (AvgIpc) is 2.04. The molecule has 0 saturated carbocycles. The minimum atomic E-state index is 0.373. The van der Waals surface area contributed by atoms with Crippen LogP contribution in [0.25, 0.3) is 0 Å². The van der Waals surface area contributed by atoms with Gasteiger partial charge in [-0.15, -0.1) is 0 Å². The molecule has 0 spiro atoms. The zero-order chi connectivity index (χ0) is 8.27. The van der Waals surface area contributed by atoms with Gasteiger partial charge in [0.2, 0.25) is 0 Å². The second-order valence-electron chi connectivity index (χ2n) is 2.53. The van der Waals surface area contributed by atoms with Gasteiger partial charge in [-0.2, -0.15) is 0 Å². The van der Waals surface area contributed by atoms with Crippen LogP contribution in [0.2, 0.25) is 0 Å². The molecule has 0 aliphatic heterocycles. The highest BCUT2D eigenvalue weighted by Crippen LogP contribution is 2.22. The van der Waals surface area contributed by atoms with Gasteiger partial charge < -0.3 is 5.73 Å². The minimum absolute atomic E-state index is 0.373. The molecule has 1 aromatic rings. The lowest BCUT2D eigenvalue weighted by molar-refractivity contribution is 0.765. The molecular formula is C8H11BrN2. The van der Waals surface area contributed by atoms with Crippen LogP contribution in [-0.2, 0) is 0 Å². The fourth-order valence-electron chi connectivity index (χ4n) is 0.879. The summed E-state index contributed by atoms with van der Waals surface area (Å²) in [5.74, 6) is 0.373. The summed E-state index contributed by atoms with van der Waals surface area (Å²) >= 11 is 3.44. The van der Waals surface area contributed by atoms with Gasteiger partial charge in [-0.3, -0.25) is 4.98 Å². The Hall–Kier alpha value is -0.410. The molecule has 0 aliphatic rings. The van der Waals surface area contributed by atoms with Crippen molar-refractivity contribution in [1.29, 1.82) is 0 Å². The summed E-state index contributed by atoms with van der Waals surface area (Å²) in [4.78, 5) is 4.03. The van der Waals surface area contributed by atoms with Crippen molar-refractivity contribution in [1.82, 2.24) is 4.98 Å². The van der Waals surface area contributed by atoms with Crippen LogP contribution in [0.3, 0.4) is 0 Å². The van der Waals surface area contributed by atoms with Gasteiger partial charge in [0.15, 0.2) is 0 Å². The van der Waals surface area contributed by atoms with E-state index >= 15 is 0 Å². The summed E-state index contributed by atoms with van der Waals surface area (Å²) < 4.78 is 1.09. The first-order chi connectivity index (χ1) is 5.25. The minimum Gasteiger partial charge on any atom is -0.330 e. The lowest BCUT2D eigenvalue weighted by Crippen LogP contribution is -2.09. The number of rotatable bonds is 2. The number of halogens is 1. The van der Waals surface area contributed by atoms with Crippen molar-refractivity contribution < 1.29 is 0 Å². The third kappa shape index (κ3) is 2.01. The zero-order valence-electron chi connectivity index (χ0n) is 6.42. The molecule has 1 heterocycles. The summed E-state index contributed by atoms with van der Waals surface area (Å²) in [6.45, 7) is 2.74. The molecule has 3 heteroatoms. The first kappa shape index (κ1) is 8.68. The first-order valence-corrected chi connectivity index (χ1v) is 4.34. The predicted octanol–water partition coefficient (Wildman–Crippen LogP) is 1.91. The van der Waals surface area contributed by atoms with E-state index in [-0.39, 0.29) is 0 Å². The molecule has 1 atom stereocenters. The molecule has 0 fully saturated rings. The van der Waals surface area contributed by atoms with Crippen molar-refractivity contribution in [3.05, 3.63) is 28.5 Å². The molecule has 1 unspecified atom stereocenters. The summed E-state index contributed by atoms with van der Waals surface area (Å²) in [6.07, 6.45) is 3.61. The Bertz CT molecular complexity index is 237. The molecule has 60 valence electrons. The van der Waals surface area contributed by atoms with E-state index in [9.17, 15) is 0 Å². The molecule has 0 aromatic carbocycles. The van der Waals surface area contributed by atoms with E-state index in [1.54, 1.807) is 6.20 Å². The fraction of sp³-hybridized carbons (Fsp3) is 0.375. The maximum atomic E-state index is 5.52. The zero-order valence-corrected chi connectivity index (χ0v) is 8.01. The number of nitrogens with two attached hydrogens (primary N) is 1. The van der Waals surface area contributed by atoms with Gasteiger partial charge in [0, 0.05) is 16.9 Å². The van der Waals surface area contributed by atoms with Crippen molar-refractivity contribution in [2.24, 2.45) is 5.73 Å². The molecule has 11 heavy (non-hydrogen) atoms. The Morgan fingerprint density at radius 1 is 1.73 bits per heavy atom. The van der Waals surface area contributed by atoms with E-state index in [2.05, 4.69) is 27.8 Å². The van der Waals surface area contributed by atoms with Gasteiger partial charge in [-0.25, -0.2) is 0 Å². The molecule has 1 rings (SSSR count). The maximum absolute atomic E-state index is 5.52. The molecule has 0 radical (unpaired) electrons. The number of aromatic nitrogens is 1. The van der Waals surface area contributed by atoms with Crippen molar-refractivity contribution >= 4 is 15.9 Å². The number of hydrogen-bond acceptors (Lipinski definition) is 2. The van der Waals surface area contributed by atoms with Gasteiger partial charge in [0.1, 0.15) is 0 Å². The smallest absolute Gasteiger partial charge is 0.0314 e. The van der Waals surface area contributed by atoms with E-state index in [0.29, 0.717) is 12.5 Å². The van der Waals surface area contributed by atoms with E-state index in [1.807, 2.05) is 12.3 Å². The van der Waals surface area contributed by atoms with Crippen LogP contribution in [0.1, 0.15) is 18.4 Å². The monoisotopic (exact) mass is 214 g/mol. The summed E-state index contributed by atoms with van der Waals surface area (Å²) in [5.41, 5.74) is 6.70. The molecule has 0 bridgehead atoms. The molecule has 0 amide bonds. The third-order valence-corrected chi connectivity index (χ3v) is 2.40. The highest BCUT2D eigenvalue weighted by Gasteiger charge is 2.05. The Morgan fingerprint density at radius 3 is 3.00 bits per heavy atom. The Kier molecular flexibility index (Phi) is 3.02. The second-order valence-corrected chi connectivity index (χ2v) is 3.39. The van der Waals surface area contributed by atoms with E-state index < -0.39 is 0 Å². The van der Waals surface area contributed by atoms with Crippen LogP contribution in [0, 0.1) is 0 Å². The van der Waals surface area contributed by atoms with Crippen molar-refractivity contribution in [3.63, 3.8) is 0 Å². The Morgan fingerprint density at radius 2 is 2.45 bits per heavy atom. The Balaban J connectivity index is 2.93. The van der Waals surface area contributed by atoms with Gasteiger partial charge in [0.05, 0.1) is 0 Å². The van der Waals surface area contributed by atoms with Crippen molar-refractivity contribution in [3.8, 4) is 0 Å². The molecule has 0 saturated heterocycles. The molecular weight excluding hydrogens is 204 g/mol. The van der Waals surface area contributed by atoms with E-state index in [4.69, 9.17) is 5.73 Å². The maximum Gasteiger partial charge on any atom is 0.0314 e. The first-order valence-electron chi connectivity index (χ1n) is 3.55. The second kappa shape index (κ2) is 3.83. The molecule has 2 nitrogen and oxygen atoms in total. The number of nitrogens with zero attached hydrogens (tertiary/aromatic N) is 1. The van der Waals surface area contributed by atoms with Crippen LogP contribution in [0.5, 0.6) is 0 Å². The lowest BCUT2D eigenvalue weighted by Gasteiger charge is -2.09. The standard InChI is InChI=1S/C8H11BrN2/c1-6(4-10)7-5-11-3-2-8(7)9/h2-3,5-6H,4,10H2,1H3. The van der Waals surface area contributed by atoms with Gasteiger partial charge in [-0.1, -0.05) is 22.9 Å². The number of hydrogen-bond donors (Lipinski definition) is 1. The SMILES string of the molecule is CC(CN)c1cnccc1Br. The predicted molar refractivity (Wildman–Crippen MR) is 49.4 cm³/mol. The average molecular weight is 215 g/mol. The molecule has 0 aliphatic carbocycles. The van der Waals surface area contributed by atoms with Crippen molar-refractivity contribution in [2.45, 2.75) is 12.8 Å². The topological polar surface area (TPSA) is 38.9 Å². The summed E-state index contributed by atoms with van der Waals surface area (Å²) in [6, 6.07) is 1.93. The van der Waals surface area contributed by atoms with Gasteiger partial charge >= 0.3 is 0 Å². The van der Waals surface area contributed by atoms with Crippen molar-refractivity contribution in [2.75, 3.05) is 6.54 Å². The van der Waals surface area contributed by atoms with E-state index in [1.165, 1.54) is 5.56 Å². The quantitative estimate of drug-likeness (QED) is 0.818. The molecule has 2 N–H and O–H groups in total. The highest BCUT2D eigenvalue weighted by molar-refractivity contribution is 9.10. The van der Waals surface area contributed by atoms with Crippen LogP contribution < -0.4 is 5.73 Å². The fourth-order valence-corrected chi connectivity index (χ4v) is 1.49. The molecule has 1 aromatic heterocycles. The van der Waals surface area contributed by atoms with Gasteiger partial charge in [0.25, 0.3) is 0 Å². The normalized spacial score (nSPS) is 13.0. The van der Waals surface area contributed by atoms with Crippen LogP contribution >= 0.6 is 15.9 Å². The highest BCUT2D eigenvalue weighted by atomic mass is 79.9. The summed E-state index contributed by atoms with van der Waals surface area (Å²) in [7, 11) is 0. The summed E-state index contributed by atoms with van der Waals surface area (Å²) in [5, 5.41) is 0. The van der Waals surface area contributed by atoms with Crippen LogP contribution in [0.4, 0.5) is 0 Å².